The van der Waals surface area contributed by atoms with E-state index in [2.05, 4.69) is 36.4 Å². The molecule has 2 heteroatoms. The number of ketones is 1. The van der Waals surface area contributed by atoms with Crippen LogP contribution in [0.15, 0.2) is 54.6 Å². The number of carbonyl (C=O) groups excluding carboxylic acids is 1. The van der Waals surface area contributed by atoms with E-state index in [0.717, 1.165) is 5.56 Å². The lowest BCUT2D eigenvalue weighted by Crippen LogP contribution is -2.35. The van der Waals surface area contributed by atoms with Crippen LogP contribution in [0.5, 0.6) is 0 Å². The zero-order valence-electron chi connectivity index (χ0n) is 14.0. The molecule has 0 radical (unpaired) electrons. The van der Waals surface area contributed by atoms with E-state index in [0.29, 0.717) is 6.42 Å². The molecule has 0 spiro atoms. The normalized spacial score (nSPS) is 11.5. The van der Waals surface area contributed by atoms with Crippen molar-refractivity contribution in [3.05, 3.63) is 60.2 Å². The fourth-order valence-corrected chi connectivity index (χ4v) is 2.25. The molecule has 22 heavy (non-hydrogen) atoms. The molecule has 0 saturated carbocycles. The van der Waals surface area contributed by atoms with Crippen molar-refractivity contribution in [1.82, 2.24) is 0 Å². The predicted molar refractivity (Wildman–Crippen MR) is 94.8 cm³/mol. The Morgan fingerprint density at radius 3 is 1.91 bits per heavy atom. The van der Waals surface area contributed by atoms with Gasteiger partial charge in [-0.1, -0.05) is 82.3 Å². The van der Waals surface area contributed by atoms with Crippen LogP contribution >= 0.6 is 0 Å². The molecule has 0 aliphatic heterocycles. The first kappa shape index (κ1) is 18.1. The summed E-state index contributed by atoms with van der Waals surface area (Å²) < 4.78 is 0. The van der Waals surface area contributed by atoms with Gasteiger partial charge >= 0.3 is 0 Å². The molecule has 1 atom stereocenters. The second-order valence-electron chi connectivity index (χ2n) is 5.43. The van der Waals surface area contributed by atoms with E-state index in [-0.39, 0.29) is 11.7 Å². The van der Waals surface area contributed by atoms with Crippen molar-refractivity contribution < 1.29 is 4.79 Å². The van der Waals surface area contributed by atoms with E-state index in [9.17, 15) is 4.79 Å². The summed E-state index contributed by atoms with van der Waals surface area (Å²) in [6.45, 7) is 7.78. The molecule has 0 bridgehead atoms. The SMILES string of the molecule is CC.CC(C)C(=O)C(N)Cc1ccc(-c2ccccc2)cc1. The number of nitrogens with two attached hydrogens (primary N) is 1. The first-order valence-corrected chi connectivity index (χ1v) is 8.01. The molecule has 2 rings (SSSR count). The van der Waals surface area contributed by atoms with Crippen LogP contribution in [-0.4, -0.2) is 11.8 Å². The number of Topliss-reactive ketones (excluding diaryl/α,β-unsaturated/α-hetero) is 1. The van der Waals surface area contributed by atoms with Gasteiger partial charge in [-0.05, 0) is 23.1 Å². The van der Waals surface area contributed by atoms with Crippen LogP contribution in [-0.2, 0) is 11.2 Å². The number of hydrogen-bond acceptors (Lipinski definition) is 2. The first-order valence-electron chi connectivity index (χ1n) is 8.01. The number of hydrogen-bond donors (Lipinski definition) is 1. The van der Waals surface area contributed by atoms with Gasteiger partial charge < -0.3 is 5.73 Å². The summed E-state index contributed by atoms with van der Waals surface area (Å²) >= 11 is 0. The maximum Gasteiger partial charge on any atom is 0.152 e. The van der Waals surface area contributed by atoms with Gasteiger partial charge in [-0.25, -0.2) is 0 Å². The highest BCUT2D eigenvalue weighted by Crippen LogP contribution is 2.19. The maximum absolute atomic E-state index is 11.8. The molecule has 0 fully saturated rings. The average molecular weight is 297 g/mol. The van der Waals surface area contributed by atoms with E-state index in [1.807, 2.05) is 45.9 Å². The van der Waals surface area contributed by atoms with Gasteiger partial charge in [0.25, 0.3) is 0 Å². The topological polar surface area (TPSA) is 43.1 Å². The van der Waals surface area contributed by atoms with Crippen molar-refractivity contribution in [3.63, 3.8) is 0 Å². The van der Waals surface area contributed by atoms with Gasteiger partial charge in [-0.3, -0.25) is 4.79 Å². The summed E-state index contributed by atoms with van der Waals surface area (Å²) in [6.07, 6.45) is 0.603. The highest BCUT2D eigenvalue weighted by atomic mass is 16.1. The van der Waals surface area contributed by atoms with Crippen LogP contribution in [0.2, 0.25) is 0 Å². The molecular formula is C20H27NO. The van der Waals surface area contributed by atoms with Gasteiger partial charge in [0.1, 0.15) is 0 Å². The minimum Gasteiger partial charge on any atom is -0.321 e. The Morgan fingerprint density at radius 1 is 0.909 bits per heavy atom. The van der Waals surface area contributed by atoms with E-state index < -0.39 is 6.04 Å². The minimum atomic E-state index is -0.405. The number of carbonyl (C=O) groups is 1. The first-order chi connectivity index (χ1) is 10.6. The quantitative estimate of drug-likeness (QED) is 0.884. The van der Waals surface area contributed by atoms with E-state index in [1.165, 1.54) is 11.1 Å². The Balaban J connectivity index is 0.00000116. The van der Waals surface area contributed by atoms with Crippen LogP contribution in [0.3, 0.4) is 0 Å². The van der Waals surface area contributed by atoms with Gasteiger partial charge in [0.2, 0.25) is 0 Å². The standard InChI is InChI=1S/C18H21NO.C2H6/c1-13(2)18(20)17(19)12-14-8-10-16(11-9-14)15-6-4-3-5-7-15;1-2/h3-11,13,17H,12,19H2,1-2H3;1-2H3. The fourth-order valence-electron chi connectivity index (χ4n) is 2.25. The van der Waals surface area contributed by atoms with Crippen LogP contribution in [0.4, 0.5) is 0 Å². The molecule has 0 aliphatic rings. The summed E-state index contributed by atoms with van der Waals surface area (Å²) in [4.78, 5) is 11.8. The van der Waals surface area contributed by atoms with Gasteiger partial charge in [-0.15, -0.1) is 0 Å². The zero-order valence-corrected chi connectivity index (χ0v) is 14.0. The van der Waals surface area contributed by atoms with Crippen LogP contribution < -0.4 is 5.73 Å². The zero-order chi connectivity index (χ0) is 16.5. The average Bonchev–Trinajstić information content (AvgIpc) is 2.57. The summed E-state index contributed by atoms with van der Waals surface area (Å²) in [5.41, 5.74) is 9.43. The Labute approximate surface area is 134 Å². The second kappa shape index (κ2) is 9.16. The summed E-state index contributed by atoms with van der Waals surface area (Å²) in [5, 5.41) is 0. The van der Waals surface area contributed by atoms with E-state index >= 15 is 0 Å². The molecule has 118 valence electrons. The lowest BCUT2D eigenvalue weighted by molar-refractivity contribution is -0.123. The largest absolute Gasteiger partial charge is 0.321 e. The molecule has 0 aliphatic carbocycles. The Morgan fingerprint density at radius 2 is 1.41 bits per heavy atom. The highest BCUT2D eigenvalue weighted by Gasteiger charge is 2.17. The van der Waals surface area contributed by atoms with Crippen LogP contribution in [0.25, 0.3) is 11.1 Å². The van der Waals surface area contributed by atoms with Crippen molar-refractivity contribution in [1.29, 1.82) is 0 Å². The molecule has 1 unspecified atom stereocenters. The Kier molecular flexibility index (Phi) is 7.55. The van der Waals surface area contributed by atoms with Gasteiger partial charge in [0.15, 0.2) is 5.78 Å². The lowest BCUT2D eigenvalue weighted by Gasteiger charge is -2.13. The Bertz CT molecular complexity index is 558. The van der Waals surface area contributed by atoms with Crippen molar-refractivity contribution in [2.45, 2.75) is 40.2 Å². The fraction of sp³-hybridized carbons (Fsp3) is 0.350. The third-order valence-electron chi connectivity index (χ3n) is 3.45. The second-order valence-corrected chi connectivity index (χ2v) is 5.43. The monoisotopic (exact) mass is 297 g/mol. The van der Waals surface area contributed by atoms with Crippen LogP contribution in [0, 0.1) is 5.92 Å². The van der Waals surface area contributed by atoms with Gasteiger partial charge in [0, 0.05) is 5.92 Å². The molecule has 0 saturated heterocycles. The molecule has 2 aromatic carbocycles. The molecule has 0 heterocycles. The third-order valence-corrected chi connectivity index (χ3v) is 3.45. The smallest absolute Gasteiger partial charge is 0.152 e. The summed E-state index contributed by atoms with van der Waals surface area (Å²) in [7, 11) is 0. The Hall–Kier alpha value is -1.93. The minimum absolute atomic E-state index is 0.00593. The number of benzene rings is 2. The molecule has 0 aromatic heterocycles. The third kappa shape index (κ3) is 5.12. The molecule has 2 aromatic rings. The molecular weight excluding hydrogens is 270 g/mol. The van der Waals surface area contributed by atoms with Crippen molar-refractivity contribution in [3.8, 4) is 11.1 Å². The maximum atomic E-state index is 11.8. The molecule has 0 amide bonds. The molecule has 2 nitrogen and oxygen atoms in total. The summed E-state index contributed by atoms with van der Waals surface area (Å²) in [6, 6.07) is 18.1. The lowest BCUT2D eigenvalue weighted by atomic mass is 9.95. The highest BCUT2D eigenvalue weighted by molar-refractivity contribution is 5.85. The van der Waals surface area contributed by atoms with Gasteiger partial charge in [-0.2, -0.15) is 0 Å². The van der Waals surface area contributed by atoms with Gasteiger partial charge in [0.05, 0.1) is 6.04 Å². The molecule has 2 N–H and O–H groups in total. The van der Waals surface area contributed by atoms with Crippen LogP contribution in [0.1, 0.15) is 33.3 Å². The van der Waals surface area contributed by atoms with E-state index in [4.69, 9.17) is 5.73 Å². The summed E-state index contributed by atoms with van der Waals surface area (Å²) in [5.74, 6) is 0.116. The van der Waals surface area contributed by atoms with Crippen molar-refractivity contribution in [2.75, 3.05) is 0 Å². The number of rotatable bonds is 5. The van der Waals surface area contributed by atoms with Crippen molar-refractivity contribution >= 4 is 5.78 Å². The predicted octanol–water partition coefficient (Wildman–Crippen LogP) is 4.47. The van der Waals surface area contributed by atoms with E-state index in [1.54, 1.807) is 0 Å². The van der Waals surface area contributed by atoms with Crippen molar-refractivity contribution in [2.24, 2.45) is 11.7 Å².